The smallest absolute Gasteiger partial charge is 0.319 e. The maximum atomic E-state index is 12.7. The van der Waals surface area contributed by atoms with Crippen molar-refractivity contribution in [3.8, 4) is 5.75 Å². The van der Waals surface area contributed by atoms with Gasteiger partial charge in [0.15, 0.2) is 0 Å². The molecule has 0 radical (unpaired) electrons. The lowest BCUT2D eigenvalue weighted by atomic mass is 10.0. The highest BCUT2D eigenvalue weighted by atomic mass is 16.5. The molecule has 1 saturated heterocycles. The van der Waals surface area contributed by atoms with Crippen LogP contribution in [0.4, 0.5) is 16.2 Å². The molecule has 2 N–H and O–H groups in total. The maximum Gasteiger partial charge on any atom is 0.319 e. The molecular weight excluding hydrogens is 452 g/mol. The molecule has 0 spiro atoms. The van der Waals surface area contributed by atoms with E-state index in [4.69, 9.17) is 4.74 Å². The van der Waals surface area contributed by atoms with Crippen molar-refractivity contribution in [3.05, 3.63) is 90.0 Å². The number of amides is 3. The first kappa shape index (κ1) is 25.3. The summed E-state index contributed by atoms with van der Waals surface area (Å²) in [6.07, 6.45) is 2.61. The van der Waals surface area contributed by atoms with Crippen LogP contribution in [0, 0.1) is 0 Å². The van der Waals surface area contributed by atoms with Crippen LogP contribution in [0.15, 0.2) is 78.9 Å². The number of benzene rings is 3. The fourth-order valence-electron chi connectivity index (χ4n) is 4.59. The summed E-state index contributed by atoms with van der Waals surface area (Å²) in [6.45, 7) is 2.49. The summed E-state index contributed by atoms with van der Waals surface area (Å²) in [5, 5.41) is 5.93. The number of para-hydroxylation sites is 2. The molecule has 0 aromatic heterocycles. The summed E-state index contributed by atoms with van der Waals surface area (Å²) >= 11 is 0. The van der Waals surface area contributed by atoms with Gasteiger partial charge in [-0.25, -0.2) is 4.79 Å². The lowest BCUT2D eigenvalue weighted by Crippen LogP contribution is -2.38. The van der Waals surface area contributed by atoms with Gasteiger partial charge in [-0.3, -0.25) is 9.69 Å². The van der Waals surface area contributed by atoms with E-state index in [9.17, 15) is 9.59 Å². The van der Waals surface area contributed by atoms with E-state index in [0.717, 1.165) is 48.5 Å². The predicted octanol–water partition coefficient (Wildman–Crippen LogP) is 4.86. The minimum Gasteiger partial charge on any atom is -0.496 e. The summed E-state index contributed by atoms with van der Waals surface area (Å²) in [5.74, 6) is 0.837. The zero-order valence-corrected chi connectivity index (χ0v) is 20.9. The Morgan fingerprint density at radius 1 is 0.944 bits per heavy atom. The number of nitrogens with one attached hydrogen (secondary N) is 2. The molecule has 7 nitrogen and oxygen atoms in total. The molecule has 0 aliphatic carbocycles. The van der Waals surface area contributed by atoms with Crippen LogP contribution in [0.5, 0.6) is 5.75 Å². The molecule has 1 atom stereocenters. The Bertz CT molecular complexity index is 1140. The lowest BCUT2D eigenvalue weighted by molar-refractivity contribution is -0.117. The topological polar surface area (TPSA) is 73.9 Å². The van der Waals surface area contributed by atoms with Gasteiger partial charge in [0, 0.05) is 30.5 Å². The van der Waals surface area contributed by atoms with Crippen LogP contribution in [0.2, 0.25) is 0 Å². The summed E-state index contributed by atoms with van der Waals surface area (Å²) in [7, 11) is 3.45. The number of likely N-dealkylation sites (tertiary alicyclic amines) is 1. The Morgan fingerprint density at radius 3 is 2.31 bits per heavy atom. The maximum absolute atomic E-state index is 12.7. The number of carbonyl (C=O) groups excluding carboxylic acids is 2. The van der Waals surface area contributed by atoms with Crippen molar-refractivity contribution in [1.29, 1.82) is 0 Å². The lowest BCUT2D eigenvalue weighted by Gasteiger charge is -2.29. The fraction of sp³-hybridized carbons (Fsp3) is 0.310. The highest BCUT2D eigenvalue weighted by molar-refractivity contribution is 5.94. The second-order valence-corrected chi connectivity index (χ2v) is 9.00. The van der Waals surface area contributed by atoms with Gasteiger partial charge in [0.25, 0.3) is 0 Å². The molecule has 0 bridgehead atoms. The van der Waals surface area contributed by atoms with Crippen molar-refractivity contribution in [2.45, 2.75) is 25.3 Å². The Kier molecular flexibility index (Phi) is 8.57. The van der Waals surface area contributed by atoms with Gasteiger partial charge in [0.2, 0.25) is 5.91 Å². The van der Waals surface area contributed by atoms with Gasteiger partial charge in [-0.05, 0) is 61.8 Å². The minimum atomic E-state index is -0.262. The van der Waals surface area contributed by atoms with Gasteiger partial charge in [0.05, 0.1) is 19.6 Å². The van der Waals surface area contributed by atoms with E-state index >= 15 is 0 Å². The summed E-state index contributed by atoms with van der Waals surface area (Å²) < 4.78 is 5.58. The average molecular weight is 487 g/mol. The van der Waals surface area contributed by atoms with Gasteiger partial charge in [-0.1, -0.05) is 48.5 Å². The van der Waals surface area contributed by atoms with E-state index in [1.807, 2.05) is 72.8 Å². The molecular formula is C29H34N4O3. The zero-order chi connectivity index (χ0) is 25.3. The molecule has 1 aliphatic heterocycles. The molecule has 1 fully saturated rings. The van der Waals surface area contributed by atoms with Crippen LogP contribution in [0.3, 0.4) is 0 Å². The third kappa shape index (κ3) is 6.43. The van der Waals surface area contributed by atoms with E-state index in [0.29, 0.717) is 12.2 Å². The average Bonchev–Trinajstić information content (AvgIpc) is 3.45. The van der Waals surface area contributed by atoms with Crippen molar-refractivity contribution >= 4 is 23.3 Å². The summed E-state index contributed by atoms with van der Waals surface area (Å²) in [4.78, 5) is 29.4. The zero-order valence-electron chi connectivity index (χ0n) is 20.9. The van der Waals surface area contributed by atoms with Gasteiger partial charge in [-0.15, -0.1) is 0 Å². The highest BCUT2D eigenvalue weighted by Crippen LogP contribution is 2.31. The molecule has 36 heavy (non-hydrogen) atoms. The first-order valence-corrected chi connectivity index (χ1v) is 12.4. The van der Waals surface area contributed by atoms with Crippen LogP contribution in [-0.4, -0.2) is 50.6 Å². The normalized spacial score (nSPS) is 14.2. The number of ether oxygens (including phenoxy) is 1. The molecule has 0 saturated carbocycles. The van der Waals surface area contributed by atoms with Crippen molar-refractivity contribution in [3.63, 3.8) is 0 Å². The van der Waals surface area contributed by atoms with Crippen molar-refractivity contribution < 1.29 is 14.3 Å². The van der Waals surface area contributed by atoms with Crippen LogP contribution in [-0.2, 0) is 11.2 Å². The Morgan fingerprint density at radius 2 is 1.61 bits per heavy atom. The Hall–Kier alpha value is -3.84. The van der Waals surface area contributed by atoms with Gasteiger partial charge in [0.1, 0.15) is 5.75 Å². The molecule has 188 valence electrons. The predicted molar refractivity (Wildman–Crippen MR) is 144 cm³/mol. The van der Waals surface area contributed by atoms with Crippen molar-refractivity contribution in [1.82, 2.24) is 10.2 Å². The van der Waals surface area contributed by atoms with E-state index in [1.165, 1.54) is 0 Å². The first-order chi connectivity index (χ1) is 17.5. The molecule has 3 amide bonds. The molecule has 1 aliphatic rings. The number of anilines is 2. The molecule has 4 rings (SSSR count). The van der Waals surface area contributed by atoms with Crippen LogP contribution < -0.4 is 20.3 Å². The standard InChI is InChI=1S/C29H34N4O3/c1-32(24-10-4-3-5-11-24)28(34)20-22-14-16-23(17-15-22)31-29(35)30-21-26(33-18-8-9-19-33)25-12-6-7-13-27(25)36-2/h3-7,10-17,26H,8-9,18-21H2,1-2H3,(H2,30,31,35). The summed E-state index contributed by atoms with van der Waals surface area (Å²) in [5.41, 5.74) is 3.50. The third-order valence-electron chi connectivity index (χ3n) is 6.62. The van der Waals surface area contributed by atoms with E-state index < -0.39 is 0 Å². The monoisotopic (exact) mass is 486 g/mol. The Balaban J connectivity index is 1.33. The number of methoxy groups -OCH3 is 1. The second-order valence-electron chi connectivity index (χ2n) is 9.00. The highest BCUT2D eigenvalue weighted by Gasteiger charge is 2.26. The van der Waals surface area contributed by atoms with Crippen LogP contribution in [0.1, 0.15) is 30.0 Å². The number of urea groups is 1. The number of carbonyl (C=O) groups is 2. The summed E-state index contributed by atoms with van der Waals surface area (Å²) in [6, 6.07) is 24.7. The number of hydrogen-bond acceptors (Lipinski definition) is 4. The Labute approximate surface area is 213 Å². The van der Waals surface area contributed by atoms with Gasteiger partial charge >= 0.3 is 6.03 Å². The van der Waals surface area contributed by atoms with E-state index in [1.54, 1.807) is 19.1 Å². The molecule has 3 aromatic carbocycles. The third-order valence-corrected chi connectivity index (χ3v) is 6.62. The van der Waals surface area contributed by atoms with Crippen molar-refractivity contribution in [2.75, 3.05) is 44.0 Å². The number of likely N-dealkylation sites (N-methyl/N-ethyl adjacent to an activating group) is 1. The number of rotatable bonds is 9. The minimum absolute atomic E-state index is 0.00365. The second kappa shape index (κ2) is 12.2. The molecule has 3 aromatic rings. The van der Waals surface area contributed by atoms with Crippen LogP contribution >= 0.6 is 0 Å². The van der Waals surface area contributed by atoms with Crippen molar-refractivity contribution in [2.24, 2.45) is 0 Å². The number of nitrogens with zero attached hydrogens (tertiary/aromatic N) is 2. The number of hydrogen-bond donors (Lipinski definition) is 2. The van der Waals surface area contributed by atoms with Crippen LogP contribution in [0.25, 0.3) is 0 Å². The van der Waals surface area contributed by atoms with Gasteiger partial charge in [-0.2, -0.15) is 0 Å². The van der Waals surface area contributed by atoms with E-state index in [2.05, 4.69) is 21.6 Å². The SMILES string of the molecule is COc1ccccc1C(CNC(=O)Nc1ccc(CC(=O)N(C)c2ccccc2)cc1)N1CCCC1. The largest absolute Gasteiger partial charge is 0.496 e. The van der Waals surface area contributed by atoms with E-state index in [-0.39, 0.29) is 24.4 Å². The van der Waals surface area contributed by atoms with Gasteiger partial charge < -0.3 is 20.3 Å². The fourth-order valence-corrected chi connectivity index (χ4v) is 4.59. The molecule has 1 unspecified atom stereocenters. The molecule has 7 heteroatoms. The first-order valence-electron chi connectivity index (χ1n) is 12.4. The molecule has 1 heterocycles. The quantitative estimate of drug-likeness (QED) is 0.453.